The fourth-order valence-electron chi connectivity index (χ4n) is 1.87. The van der Waals surface area contributed by atoms with Crippen molar-refractivity contribution in [3.8, 4) is 17.1 Å². The smallest absolute Gasteiger partial charge is 0.212 e. The van der Waals surface area contributed by atoms with Crippen LogP contribution in [0.25, 0.3) is 11.3 Å². The van der Waals surface area contributed by atoms with Gasteiger partial charge in [-0.15, -0.1) is 0 Å². The first-order chi connectivity index (χ1) is 9.02. The highest BCUT2D eigenvalue weighted by molar-refractivity contribution is 5.66. The van der Waals surface area contributed by atoms with Gasteiger partial charge in [0.15, 0.2) is 5.76 Å². The van der Waals surface area contributed by atoms with Crippen molar-refractivity contribution in [3.05, 3.63) is 35.9 Å². The van der Waals surface area contributed by atoms with Crippen LogP contribution in [0, 0.1) is 12.8 Å². The monoisotopic (exact) mass is 260 g/mol. The van der Waals surface area contributed by atoms with Gasteiger partial charge in [-0.1, -0.05) is 25.5 Å². The van der Waals surface area contributed by atoms with Crippen LogP contribution in [0.5, 0.6) is 5.75 Å². The Labute approximate surface area is 113 Å². The minimum atomic E-state index is -0.190. The number of aryl methyl sites for hydroxylation is 1. The van der Waals surface area contributed by atoms with Gasteiger partial charge in [0.2, 0.25) is 5.89 Å². The van der Waals surface area contributed by atoms with E-state index in [2.05, 4.69) is 4.98 Å². The number of ether oxygens (including phenoxy) is 1. The van der Waals surface area contributed by atoms with E-state index in [0.717, 1.165) is 16.9 Å². The molecule has 102 valence electrons. The van der Waals surface area contributed by atoms with Crippen LogP contribution in [-0.2, 0) is 0 Å². The van der Waals surface area contributed by atoms with Crippen molar-refractivity contribution >= 4 is 0 Å². The van der Waals surface area contributed by atoms with Gasteiger partial charge in [0.05, 0.1) is 24.9 Å². The highest BCUT2D eigenvalue weighted by Crippen LogP contribution is 2.32. The molecule has 0 aliphatic heterocycles. The van der Waals surface area contributed by atoms with Crippen molar-refractivity contribution in [2.24, 2.45) is 11.7 Å². The first-order valence-corrected chi connectivity index (χ1v) is 6.39. The van der Waals surface area contributed by atoms with E-state index in [1.54, 1.807) is 13.3 Å². The van der Waals surface area contributed by atoms with Gasteiger partial charge in [-0.25, -0.2) is 4.98 Å². The van der Waals surface area contributed by atoms with E-state index in [0.29, 0.717) is 11.7 Å². The van der Waals surface area contributed by atoms with Crippen LogP contribution in [0.1, 0.15) is 31.3 Å². The summed E-state index contributed by atoms with van der Waals surface area (Å²) in [6, 6.07) is 5.75. The van der Waals surface area contributed by atoms with Crippen molar-refractivity contribution in [1.29, 1.82) is 0 Å². The summed E-state index contributed by atoms with van der Waals surface area (Å²) in [6.07, 6.45) is 1.70. The Kier molecular flexibility index (Phi) is 3.90. The summed E-state index contributed by atoms with van der Waals surface area (Å²) in [4.78, 5) is 4.27. The molecule has 1 heterocycles. The Morgan fingerprint density at radius 3 is 2.68 bits per heavy atom. The summed E-state index contributed by atoms with van der Waals surface area (Å²) in [5, 5.41) is 0. The maximum absolute atomic E-state index is 6.04. The summed E-state index contributed by atoms with van der Waals surface area (Å²) < 4.78 is 11.1. The highest BCUT2D eigenvalue weighted by atomic mass is 16.5. The quantitative estimate of drug-likeness (QED) is 0.916. The van der Waals surface area contributed by atoms with E-state index in [1.165, 1.54) is 0 Å². The van der Waals surface area contributed by atoms with Gasteiger partial charge in [-0.3, -0.25) is 0 Å². The van der Waals surface area contributed by atoms with Crippen LogP contribution in [0.15, 0.2) is 28.8 Å². The number of methoxy groups -OCH3 is 1. The number of hydrogen-bond acceptors (Lipinski definition) is 4. The van der Waals surface area contributed by atoms with E-state index in [-0.39, 0.29) is 12.0 Å². The second kappa shape index (κ2) is 5.45. The summed E-state index contributed by atoms with van der Waals surface area (Å²) in [7, 11) is 1.64. The first kappa shape index (κ1) is 13.6. The van der Waals surface area contributed by atoms with E-state index in [4.69, 9.17) is 14.9 Å². The Morgan fingerprint density at radius 1 is 1.32 bits per heavy atom. The Bertz CT molecular complexity index is 561. The van der Waals surface area contributed by atoms with Crippen LogP contribution in [0.4, 0.5) is 0 Å². The predicted octanol–water partition coefficient (Wildman–Crippen LogP) is 3.31. The molecule has 0 aliphatic rings. The maximum Gasteiger partial charge on any atom is 0.212 e. The van der Waals surface area contributed by atoms with Gasteiger partial charge in [0, 0.05) is 0 Å². The van der Waals surface area contributed by atoms with E-state index in [1.807, 2.05) is 39.0 Å². The summed E-state index contributed by atoms with van der Waals surface area (Å²) in [6.45, 7) is 6.11. The largest absolute Gasteiger partial charge is 0.496 e. The van der Waals surface area contributed by atoms with E-state index in [9.17, 15) is 0 Å². The molecular weight excluding hydrogens is 240 g/mol. The summed E-state index contributed by atoms with van der Waals surface area (Å²) >= 11 is 0. The molecule has 1 aromatic carbocycles. The standard InChI is InChI=1S/C15H20N2O2/c1-9(2)14(16)15-17-8-13(19-15)11-7-10(3)5-6-12(11)18-4/h5-9,14H,16H2,1-4H3. The molecule has 0 amide bonds. The van der Waals surface area contributed by atoms with Gasteiger partial charge < -0.3 is 14.9 Å². The van der Waals surface area contributed by atoms with Crippen molar-refractivity contribution in [2.45, 2.75) is 26.8 Å². The lowest BCUT2D eigenvalue weighted by Gasteiger charge is -2.11. The molecule has 0 radical (unpaired) electrons. The topological polar surface area (TPSA) is 61.3 Å². The zero-order valence-corrected chi connectivity index (χ0v) is 11.8. The maximum atomic E-state index is 6.04. The molecule has 2 aromatic rings. The SMILES string of the molecule is COc1ccc(C)cc1-c1cnc(C(N)C(C)C)o1. The molecule has 0 saturated carbocycles. The molecule has 0 saturated heterocycles. The zero-order valence-electron chi connectivity index (χ0n) is 11.8. The Morgan fingerprint density at radius 2 is 2.05 bits per heavy atom. The second-order valence-corrected chi connectivity index (χ2v) is 5.04. The Hall–Kier alpha value is -1.81. The molecule has 0 fully saturated rings. The lowest BCUT2D eigenvalue weighted by molar-refractivity contribution is 0.390. The molecule has 19 heavy (non-hydrogen) atoms. The molecule has 2 N–H and O–H groups in total. The molecule has 0 spiro atoms. The Balaban J connectivity index is 2.40. The number of benzene rings is 1. The van der Waals surface area contributed by atoms with Crippen LogP contribution < -0.4 is 10.5 Å². The fraction of sp³-hybridized carbons (Fsp3) is 0.400. The molecule has 0 aliphatic carbocycles. The third-order valence-corrected chi connectivity index (χ3v) is 3.15. The van der Waals surface area contributed by atoms with E-state index < -0.39 is 0 Å². The number of rotatable bonds is 4. The molecule has 0 bridgehead atoms. The van der Waals surface area contributed by atoms with Crippen LogP contribution >= 0.6 is 0 Å². The average molecular weight is 260 g/mol. The molecule has 1 aromatic heterocycles. The normalized spacial score (nSPS) is 12.7. The van der Waals surface area contributed by atoms with Crippen molar-refractivity contribution in [2.75, 3.05) is 7.11 Å². The number of aromatic nitrogens is 1. The summed E-state index contributed by atoms with van der Waals surface area (Å²) in [5.74, 6) is 2.30. The van der Waals surface area contributed by atoms with Gasteiger partial charge >= 0.3 is 0 Å². The molecule has 1 unspecified atom stereocenters. The van der Waals surface area contributed by atoms with Gasteiger partial charge in [-0.05, 0) is 25.0 Å². The molecule has 4 nitrogen and oxygen atoms in total. The second-order valence-electron chi connectivity index (χ2n) is 5.04. The number of nitrogens with two attached hydrogens (primary N) is 1. The molecule has 1 atom stereocenters. The number of hydrogen-bond donors (Lipinski definition) is 1. The van der Waals surface area contributed by atoms with E-state index >= 15 is 0 Å². The van der Waals surface area contributed by atoms with Gasteiger partial charge in [0.1, 0.15) is 5.75 Å². The fourth-order valence-corrected chi connectivity index (χ4v) is 1.87. The minimum absolute atomic E-state index is 0.190. The molecule has 2 rings (SSSR count). The lowest BCUT2D eigenvalue weighted by atomic mass is 10.1. The van der Waals surface area contributed by atoms with Gasteiger partial charge in [-0.2, -0.15) is 0 Å². The molecular formula is C15H20N2O2. The third-order valence-electron chi connectivity index (χ3n) is 3.15. The number of oxazole rings is 1. The molecule has 4 heteroatoms. The summed E-state index contributed by atoms with van der Waals surface area (Å²) in [5.41, 5.74) is 8.08. The minimum Gasteiger partial charge on any atom is -0.496 e. The van der Waals surface area contributed by atoms with Crippen LogP contribution in [0.3, 0.4) is 0 Å². The predicted molar refractivity (Wildman–Crippen MR) is 75.0 cm³/mol. The zero-order chi connectivity index (χ0) is 14.0. The average Bonchev–Trinajstić information content (AvgIpc) is 2.87. The van der Waals surface area contributed by atoms with Crippen LogP contribution in [0.2, 0.25) is 0 Å². The van der Waals surface area contributed by atoms with Crippen LogP contribution in [-0.4, -0.2) is 12.1 Å². The van der Waals surface area contributed by atoms with Crippen molar-refractivity contribution in [3.63, 3.8) is 0 Å². The first-order valence-electron chi connectivity index (χ1n) is 6.39. The van der Waals surface area contributed by atoms with Crippen molar-refractivity contribution < 1.29 is 9.15 Å². The van der Waals surface area contributed by atoms with Crippen molar-refractivity contribution in [1.82, 2.24) is 4.98 Å². The lowest BCUT2D eigenvalue weighted by Crippen LogP contribution is -2.16. The highest BCUT2D eigenvalue weighted by Gasteiger charge is 2.18. The number of nitrogens with zero attached hydrogens (tertiary/aromatic N) is 1. The van der Waals surface area contributed by atoms with Gasteiger partial charge in [0.25, 0.3) is 0 Å². The third kappa shape index (κ3) is 2.79.